The molecule has 1 aromatic rings. The third kappa shape index (κ3) is 3.22. The van der Waals surface area contributed by atoms with Crippen LogP contribution in [0.3, 0.4) is 0 Å². The van der Waals surface area contributed by atoms with Gasteiger partial charge in [0, 0.05) is 23.5 Å². The summed E-state index contributed by atoms with van der Waals surface area (Å²) >= 11 is 5.36. The van der Waals surface area contributed by atoms with Crippen LogP contribution in [0.5, 0.6) is 0 Å². The van der Waals surface area contributed by atoms with Crippen LogP contribution < -0.4 is 5.32 Å². The molecule has 0 aliphatic carbocycles. The Hall–Kier alpha value is 0.0600. The molecule has 1 aromatic heterocycles. The van der Waals surface area contributed by atoms with Gasteiger partial charge in [-0.25, -0.2) is 0 Å². The predicted molar refractivity (Wildman–Crippen MR) is 82.9 cm³/mol. The van der Waals surface area contributed by atoms with E-state index in [0.29, 0.717) is 18.2 Å². The molecule has 3 rings (SSSR count). The van der Waals surface area contributed by atoms with Crippen molar-refractivity contribution in [2.45, 2.75) is 37.5 Å². The summed E-state index contributed by atoms with van der Waals surface area (Å²) in [6, 6.07) is 5.43. The maximum atomic E-state index is 6.11. The van der Waals surface area contributed by atoms with Crippen LogP contribution in [0.4, 0.5) is 0 Å². The Bertz CT molecular complexity index is 425. The third-order valence-corrected chi connectivity index (χ3v) is 5.93. The van der Waals surface area contributed by atoms with Crippen LogP contribution in [0.1, 0.15) is 17.7 Å². The summed E-state index contributed by atoms with van der Waals surface area (Å²) in [4.78, 5) is 4.03. The van der Waals surface area contributed by atoms with Gasteiger partial charge in [-0.1, -0.05) is 0 Å². The molecule has 5 heteroatoms. The molecule has 0 spiro atoms. The van der Waals surface area contributed by atoms with Crippen LogP contribution in [-0.2, 0) is 11.2 Å². The normalized spacial score (nSPS) is 29.4. The summed E-state index contributed by atoms with van der Waals surface area (Å²) in [6.45, 7) is 3.26. The lowest BCUT2D eigenvalue weighted by Gasteiger charge is -2.38. The summed E-state index contributed by atoms with van der Waals surface area (Å²) in [5.74, 6) is 0. The molecule has 3 heterocycles. The minimum Gasteiger partial charge on any atom is -0.374 e. The van der Waals surface area contributed by atoms with Gasteiger partial charge < -0.3 is 10.1 Å². The highest BCUT2D eigenvalue weighted by atomic mass is 79.9. The van der Waals surface area contributed by atoms with Gasteiger partial charge in [-0.05, 0) is 60.9 Å². The second kappa shape index (κ2) is 6.22. The van der Waals surface area contributed by atoms with Gasteiger partial charge in [0.05, 0.1) is 16.5 Å². The molecule has 1 N–H and O–H groups in total. The molecule has 3 atom stereocenters. The highest BCUT2D eigenvalue weighted by molar-refractivity contribution is 9.11. The number of halogens is 1. The van der Waals surface area contributed by atoms with Gasteiger partial charge in [0.15, 0.2) is 0 Å². The van der Waals surface area contributed by atoms with Gasteiger partial charge >= 0.3 is 0 Å². The number of thiophene rings is 1. The minimum absolute atomic E-state index is 0.320. The van der Waals surface area contributed by atoms with Crippen molar-refractivity contribution >= 4 is 27.3 Å². The van der Waals surface area contributed by atoms with E-state index in [4.69, 9.17) is 4.74 Å². The molecule has 106 valence electrons. The molecule has 19 heavy (non-hydrogen) atoms. The Morgan fingerprint density at radius 2 is 2.47 bits per heavy atom. The van der Waals surface area contributed by atoms with E-state index in [9.17, 15) is 0 Å². The molecule has 3 nitrogen and oxygen atoms in total. The molecule has 2 saturated heterocycles. The molecule has 2 fully saturated rings. The first-order valence-corrected chi connectivity index (χ1v) is 8.64. The SMILES string of the molecule is CNC(Cc1ccc(Br)s1)C1CN2CCCC2CO1. The number of likely N-dealkylation sites (N-methyl/N-ethyl adjacent to an activating group) is 1. The lowest BCUT2D eigenvalue weighted by Crippen LogP contribution is -2.54. The van der Waals surface area contributed by atoms with Crippen LogP contribution >= 0.6 is 27.3 Å². The topological polar surface area (TPSA) is 24.5 Å². The average molecular weight is 345 g/mol. The second-order valence-electron chi connectivity index (χ2n) is 5.47. The number of hydrogen-bond acceptors (Lipinski definition) is 4. The second-order valence-corrected chi connectivity index (χ2v) is 8.02. The zero-order valence-electron chi connectivity index (χ0n) is 11.3. The molecule has 2 aliphatic heterocycles. The lowest BCUT2D eigenvalue weighted by atomic mass is 10.0. The predicted octanol–water partition coefficient (Wildman–Crippen LogP) is 2.50. The van der Waals surface area contributed by atoms with Gasteiger partial charge in [-0.3, -0.25) is 4.90 Å². The number of fused-ring (bicyclic) bond motifs is 1. The van der Waals surface area contributed by atoms with Gasteiger partial charge in [-0.15, -0.1) is 11.3 Å². The zero-order chi connectivity index (χ0) is 13.2. The van der Waals surface area contributed by atoms with Crippen molar-refractivity contribution in [3.8, 4) is 0 Å². The molecule has 0 bridgehead atoms. The number of nitrogens with one attached hydrogen (secondary N) is 1. The first-order chi connectivity index (χ1) is 9.26. The standard InChI is InChI=1S/C14H21BrN2OS/c1-16-12(7-11-4-5-14(15)19-11)13-8-17-6-2-3-10(17)9-18-13/h4-5,10,12-13,16H,2-3,6-9H2,1H3. The highest BCUT2D eigenvalue weighted by Gasteiger charge is 2.35. The van der Waals surface area contributed by atoms with Gasteiger partial charge in [0.2, 0.25) is 0 Å². The van der Waals surface area contributed by atoms with E-state index in [0.717, 1.165) is 19.6 Å². The van der Waals surface area contributed by atoms with Crippen molar-refractivity contribution in [3.63, 3.8) is 0 Å². The summed E-state index contributed by atoms with van der Waals surface area (Å²) in [6.07, 6.45) is 4.02. The van der Waals surface area contributed by atoms with E-state index in [1.807, 2.05) is 18.4 Å². The van der Waals surface area contributed by atoms with Crippen LogP contribution in [0.25, 0.3) is 0 Å². The number of ether oxygens (including phenoxy) is 1. The van der Waals surface area contributed by atoms with Crippen LogP contribution in [-0.4, -0.2) is 49.8 Å². The van der Waals surface area contributed by atoms with E-state index in [1.165, 1.54) is 28.0 Å². The smallest absolute Gasteiger partial charge is 0.0858 e. The van der Waals surface area contributed by atoms with Crippen LogP contribution in [0.15, 0.2) is 15.9 Å². The Morgan fingerprint density at radius 3 is 3.21 bits per heavy atom. The van der Waals surface area contributed by atoms with E-state index in [1.54, 1.807) is 0 Å². The fourth-order valence-corrected chi connectivity index (χ4v) is 4.73. The van der Waals surface area contributed by atoms with Gasteiger partial charge in [-0.2, -0.15) is 0 Å². The van der Waals surface area contributed by atoms with Crippen molar-refractivity contribution in [2.24, 2.45) is 0 Å². The molecule has 3 unspecified atom stereocenters. The molecular weight excluding hydrogens is 324 g/mol. The number of rotatable bonds is 4. The van der Waals surface area contributed by atoms with Crippen molar-refractivity contribution in [2.75, 3.05) is 26.7 Å². The van der Waals surface area contributed by atoms with Crippen molar-refractivity contribution in [1.82, 2.24) is 10.2 Å². The monoisotopic (exact) mass is 344 g/mol. The fourth-order valence-electron chi connectivity index (χ4n) is 3.18. The Balaban J connectivity index is 1.62. The Labute approximate surface area is 127 Å². The lowest BCUT2D eigenvalue weighted by molar-refractivity contribution is -0.0633. The van der Waals surface area contributed by atoms with Gasteiger partial charge in [0.1, 0.15) is 0 Å². The van der Waals surface area contributed by atoms with Crippen LogP contribution in [0, 0.1) is 0 Å². The molecule has 0 aromatic carbocycles. The quantitative estimate of drug-likeness (QED) is 0.908. The Morgan fingerprint density at radius 1 is 1.58 bits per heavy atom. The van der Waals surface area contributed by atoms with E-state index in [-0.39, 0.29) is 0 Å². The van der Waals surface area contributed by atoms with Crippen molar-refractivity contribution < 1.29 is 4.74 Å². The third-order valence-electron chi connectivity index (χ3n) is 4.29. The van der Waals surface area contributed by atoms with Crippen molar-refractivity contribution in [3.05, 3.63) is 20.8 Å². The van der Waals surface area contributed by atoms with Crippen LogP contribution in [0.2, 0.25) is 0 Å². The summed E-state index contributed by atoms with van der Waals surface area (Å²) in [5.41, 5.74) is 0. The minimum atomic E-state index is 0.320. The number of morpholine rings is 1. The first kappa shape index (κ1) is 14.0. The first-order valence-electron chi connectivity index (χ1n) is 7.03. The zero-order valence-corrected chi connectivity index (χ0v) is 13.7. The highest BCUT2D eigenvalue weighted by Crippen LogP contribution is 2.27. The van der Waals surface area contributed by atoms with Gasteiger partial charge in [0.25, 0.3) is 0 Å². The summed E-state index contributed by atoms with van der Waals surface area (Å²) in [5, 5.41) is 3.45. The maximum absolute atomic E-state index is 6.11. The number of hydrogen-bond donors (Lipinski definition) is 1. The van der Waals surface area contributed by atoms with E-state index >= 15 is 0 Å². The molecule has 0 radical (unpaired) electrons. The van der Waals surface area contributed by atoms with E-state index < -0.39 is 0 Å². The molecule has 0 amide bonds. The van der Waals surface area contributed by atoms with Crippen molar-refractivity contribution in [1.29, 1.82) is 0 Å². The summed E-state index contributed by atoms with van der Waals surface area (Å²) in [7, 11) is 2.05. The average Bonchev–Trinajstić information content (AvgIpc) is 3.03. The molecular formula is C14H21BrN2OS. The van der Waals surface area contributed by atoms with E-state index in [2.05, 4.69) is 38.3 Å². The Kier molecular flexibility index (Phi) is 4.59. The number of nitrogens with zero attached hydrogens (tertiary/aromatic N) is 1. The molecule has 0 saturated carbocycles. The summed E-state index contributed by atoms with van der Waals surface area (Å²) < 4.78 is 7.32. The largest absolute Gasteiger partial charge is 0.374 e. The fraction of sp³-hybridized carbons (Fsp3) is 0.714. The maximum Gasteiger partial charge on any atom is 0.0858 e. The molecule has 2 aliphatic rings.